The summed E-state index contributed by atoms with van der Waals surface area (Å²) in [4.78, 5) is 18.4. The van der Waals surface area contributed by atoms with E-state index < -0.39 is 0 Å². The number of likely N-dealkylation sites (N-methyl/N-ethyl adjacent to an activating group) is 1. The number of rotatable bonds is 8. The van der Waals surface area contributed by atoms with Crippen LogP contribution in [0.1, 0.15) is 31.0 Å². The first-order valence-corrected chi connectivity index (χ1v) is 8.81. The van der Waals surface area contributed by atoms with Crippen molar-refractivity contribution in [3.05, 3.63) is 58.6 Å². The molecule has 5 heteroatoms. The fourth-order valence-electron chi connectivity index (χ4n) is 2.49. The van der Waals surface area contributed by atoms with Gasteiger partial charge in [-0.15, -0.1) is 0 Å². The Balaban J connectivity index is 1.95. The molecule has 0 fully saturated rings. The second-order valence-electron chi connectivity index (χ2n) is 5.16. The van der Waals surface area contributed by atoms with Crippen LogP contribution in [0, 0.1) is 0 Å². The van der Waals surface area contributed by atoms with Crippen molar-refractivity contribution in [2.45, 2.75) is 19.9 Å². The predicted molar refractivity (Wildman–Crippen MR) is 96.3 cm³/mol. The number of nitrogens with one attached hydrogen (secondary N) is 1. The lowest BCUT2D eigenvalue weighted by molar-refractivity contribution is -0.116. The van der Waals surface area contributed by atoms with Gasteiger partial charge in [0.2, 0.25) is 5.91 Å². The number of nitrogens with zero attached hydrogens (tertiary/aromatic N) is 2. The molecule has 0 aliphatic heterocycles. The van der Waals surface area contributed by atoms with Crippen LogP contribution in [0.5, 0.6) is 0 Å². The molecule has 0 spiro atoms. The summed E-state index contributed by atoms with van der Waals surface area (Å²) in [5.74, 6) is -0.0822. The Morgan fingerprint density at radius 1 is 1.39 bits per heavy atom. The van der Waals surface area contributed by atoms with Crippen LogP contribution in [0.3, 0.4) is 0 Å². The summed E-state index contributed by atoms with van der Waals surface area (Å²) in [7, 11) is 0. The van der Waals surface area contributed by atoms with Crippen LogP contribution in [0.4, 0.5) is 0 Å². The molecule has 2 aromatic heterocycles. The Labute approximate surface area is 141 Å². The van der Waals surface area contributed by atoms with Crippen molar-refractivity contribution in [3.63, 3.8) is 0 Å². The second-order valence-corrected chi connectivity index (χ2v) is 5.94. The van der Waals surface area contributed by atoms with Gasteiger partial charge in [0, 0.05) is 25.0 Å². The second kappa shape index (κ2) is 9.22. The minimum Gasteiger partial charge on any atom is -0.351 e. The maximum absolute atomic E-state index is 12.1. The van der Waals surface area contributed by atoms with Crippen molar-refractivity contribution in [1.82, 2.24) is 15.2 Å². The van der Waals surface area contributed by atoms with Crippen molar-refractivity contribution >= 4 is 23.3 Å². The Kier molecular flexibility index (Phi) is 6.97. The number of hydrogen-bond donors (Lipinski definition) is 1. The maximum atomic E-state index is 12.1. The average Bonchev–Trinajstić information content (AvgIpc) is 3.12. The molecule has 1 N–H and O–H groups in total. The first kappa shape index (κ1) is 17.4. The molecule has 23 heavy (non-hydrogen) atoms. The van der Waals surface area contributed by atoms with E-state index in [0.29, 0.717) is 6.54 Å². The summed E-state index contributed by atoms with van der Waals surface area (Å²) < 4.78 is 0. The number of thiophene rings is 1. The highest BCUT2D eigenvalue weighted by Crippen LogP contribution is 2.22. The van der Waals surface area contributed by atoms with Gasteiger partial charge in [0.05, 0.1) is 6.04 Å². The zero-order valence-corrected chi connectivity index (χ0v) is 14.4. The highest BCUT2D eigenvalue weighted by Gasteiger charge is 2.18. The van der Waals surface area contributed by atoms with Gasteiger partial charge in [0.25, 0.3) is 0 Å². The van der Waals surface area contributed by atoms with Gasteiger partial charge in [-0.3, -0.25) is 14.7 Å². The van der Waals surface area contributed by atoms with Gasteiger partial charge in [-0.2, -0.15) is 11.3 Å². The van der Waals surface area contributed by atoms with E-state index in [0.717, 1.165) is 18.7 Å². The first-order valence-electron chi connectivity index (χ1n) is 7.86. The van der Waals surface area contributed by atoms with Crippen molar-refractivity contribution in [2.24, 2.45) is 0 Å². The topological polar surface area (TPSA) is 45.2 Å². The summed E-state index contributed by atoms with van der Waals surface area (Å²) in [5.41, 5.74) is 2.18. The third-order valence-corrected chi connectivity index (χ3v) is 4.46. The molecule has 2 heterocycles. The van der Waals surface area contributed by atoms with Gasteiger partial charge in [0.1, 0.15) is 0 Å². The molecule has 4 nitrogen and oxygen atoms in total. The summed E-state index contributed by atoms with van der Waals surface area (Å²) in [6.07, 6.45) is 6.78. The van der Waals surface area contributed by atoms with Crippen molar-refractivity contribution in [2.75, 3.05) is 19.6 Å². The van der Waals surface area contributed by atoms with Crippen molar-refractivity contribution < 1.29 is 4.79 Å². The van der Waals surface area contributed by atoms with Gasteiger partial charge in [-0.25, -0.2) is 0 Å². The molecule has 122 valence electrons. The van der Waals surface area contributed by atoms with Gasteiger partial charge < -0.3 is 5.32 Å². The maximum Gasteiger partial charge on any atom is 0.244 e. The van der Waals surface area contributed by atoms with E-state index in [9.17, 15) is 4.79 Å². The van der Waals surface area contributed by atoms with Gasteiger partial charge in [-0.05, 0) is 53.2 Å². The summed E-state index contributed by atoms with van der Waals surface area (Å²) >= 11 is 1.69. The summed E-state index contributed by atoms with van der Waals surface area (Å²) in [6.45, 7) is 6.81. The van der Waals surface area contributed by atoms with E-state index in [1.807, 2.05) is 12.1 Å². The molecule has 1 atom stereocenters. The molecule has 0 radical (unpaired) electrons. The molecular weight excluding hydrogens is 306 g/mol. The summed E-state index contributed by atoms with van der Waals surface area (Å²) in [5, 5.41) is 7.24. The van der Waals surface area contributed by atoms with E-state index in [-0.39, 0.29) is 11.9 Å². The molecule has 0 bridgehead atoms. The fourth-order valence-corrected chi connectivity index (χ4v) is 3.20. The Bertz CT molecular complexity index is 606. The highest BCUT2D eigenvalue weighted by molar-refractivity contribution is 7.07. The first-order chi connectivity index (χ1) is 11.2. The van der Waals surface area contributed by atoms with Crippen LogP contribution < -0.4 is 5.32 Å². The monoisotopic (exact) mass is 329 g/mol. The zero-order valence-electron chi connectivity index (χ0n) is 13.6. The van der Waals surface area contributed by atoms with Crippen LogP contribution in [-0.4, -0.2) is 35.4 Å². The minimum atomic E-state index is -0.0822. The molecular formula is C18H23N3OS. The number of amides is 1. The van der Waals surface area contributed by atoms with E-state index in [2.05, 4.69) is 45.9 Å². The average molecular weight is 329 g/mol. The minimum absolute atomic E-state index is 0.0822. The number of aromatic nitrogens is 1. The molecule has 1 amide bonds. The summed E-state index contributed by atoms with van der Waals surface area (Å²) in [6, 6.07) is 6.11. The van der Waals surface area contributed by atoms with Crippen LogP contribution in [0.15, 0.2) is 47.4 Å². The van der Waals surface area contributed by atoms with Crippen LogP contribution in [-0.2, 0) is 4.79 Å². The number of hydrogen-bond acceptors (Lipinski definition) is 4. The Hall–Kier alpha value is -1.98. The molecule has 0 saturated carbocycles. The molecule has 0 aromatic carbocycles. The predicted octanol–water partition coefficient (Wildman–Crippen LogP) is 3.36. The standard InChI is InChI=1S/C18H23N3OS/c1-3-21(4-2)17(16-9-11-23-14-16)13-20-18(22)8-7-15-6-5-10-19-12-15/h5-12,14,17H,3-4,13H2,1-2H3,(H,20,22). The molecule has 0 saturated heterocycles. The Morgan fingerprint density at radius 3 is 2.83 bits per heavy atom. The lowest BCUT2D eigenvalue weighted by Gasteiger charge is -2.29. The van der Waals surface area contributed by atoms with E-state index >= 15 is 0 Å². The van der Waals surface area contributed by atoms with E-state index in [4.69, 9.17) is 0 Å². The quantitative estimate of drug-likeness (QED) is 0.755. The SMILES string of the molecule is CCN(CC)C(CNC(=O)C=Cc1cccnc1)c1ccsc1. The van der Waals surface area contributed by atoms with Crippen LogP contribution in [0.2, 0.25) is 0 Å². The molecule has 1 unspecified atom stereocenters. The number of carbonyl (C=O) groups is 1. The molecule has 2 aromatic rings. The third kappa shape index (κ3) is 5.30. The third-order valence-electron chi connectivity index (χ3n) is 3.76. The van der Waals surface area contributed by atoms with Crippen molar-refractivity contribution in [1.29, 1.82) is 0 Å². The number of pyridine rings is 1. The zero-order chi connectivity index (χ0) is 16.5. The lowest BCUT2D eigenvalue weighted by Crippen LogP contribution is -2.37. The van der Waals surface area contributed by atoms with Crippen LogP contribution >= 0.6 is 11.3 Å². The van der Waals surface area contributed by atoms with Crippen LogP contribution in [0.25, 0.3) is 6.08 Å². The van der Waals surface area contributed by atoms with Gasteiger partial charge >= 0.3 is 0 Å². The smallest absolute Gasteiger partial charge is 0.244 e. The largest absolute Gasteiger partial charge is 0.351 e. The van der Waals surface area contributed by atoms with E-state index in [1.165, 1.54) is 5.56 Å². The van der Waals surface area contributed by atoms with E-state index in [1.54, 1.807) is 35.9 Å². The van der Waals surface area contributed by atoms with Gasteiger partial charge in [-0.1, -0.05) is 19.9 Å². The highest BCUT2D eigenvalue weighted by atomic mass is 32.1. The lowest BCUT2D eigenvalue weighted by atomic mass is 10.1. The molecule has 2 rings (SSSR count). The number of carbonyl (C=O) groups excluding carboxylic acids is 1. The van der Waals surface area contributed by atoms with Gasteiger partial charge in [0.15, 0.2) is 0 Å². The molecule has 0 aliphatic carbocycles. The molecule has 0 aliphatic rings. The fraction of sp³-hybridized carbons (Fsp3) is 0.333. The normalized spacial score (nSPS) is 12.7. The van der Waals surface area contributed by atoms with Crippen molar-refractivity contribution in [3.8, 4) is 0 Å². The Morgan fingerprint density at radius 2 is 2.22 bits per heavy atom.